The SMILES string of the molecule is O=C(Nc1c(F)cc(Br)cc1F)C1COCCO1. The van der Waals surface area contributed by atoms with Crippen molar-refractivity contribution >= 4 is 27.5 Å². The summed E-state index contributed by atoms with van der Waals surface area (Å²) in [5, 5.41) is 2.16. The number of ether oxygens (including phenoxy) is 2. The van der Waals surface area contributed by atoms with Crippen molar-refractivity contribution in [2.45, 2.75) is 6.10 Å². The van der Waals surface area contributed by atoms with Crippen LogP contribution in [0.4, 0.5) is 14.5 Å². The van der Waals surface area contributed by atoms with Crippen LogP contribution in [0.3, 0.4) is 0 Å². The first-order valence-corrected chi connectivity index (χ1v) is 6.02. The van der Waals surface area contributed by atoms with Crippen LogP contribution in [-0.4, -0.2) is 31.8 Å². The number of rotatable bonds is 2. The molecule has 1 aromatic rings. The molecule has 0 spiro atoms. The van der Waals surface area contributed by atoms with Crippen LogP contribution in [0.15, 0.2) is 16.6 Å². The lowest BCUT2D eigenvalue weighted by Crippen LogP contribution is -2.39. The molecule has 0 aromatic heterocycles. The summed E-state index contributed by atoms with van der Waals surface area (Å²) in [4.78, 5) is 11.7. The van der Waals surface area contributed by atoms with Crippen molar-refractivity contribution in [2.75, 3.05) is 25.1 Å². The van der Waals surface area contributed by atoms with Crippen LogP contribution in [-0.2, 0) is 14.3 Å². The van der Waals surface area contributed by atoms with E-state index in [9.17, 15) is 13.6 Å². The molecule has 1 unspecified atom stereocenters. The smallest absolute Gasteiger partial charge is 0.256 e. The molecule has 4 nitrogen and oxygen atoms in total. The standard InChI is InChI=1S/C11H10BrF2NO3/c12-6-3-7(13)10(8(14)4-6)15-11(16)9-5-17-1-2-18-9/h3-4,9H,1-2,5H2,(H,15,16). The van der Waals surface area contributed by atoms with E-state index >= 15 is 0 Å². The van der Waals surface area contributed by atoms with Crippen LogP contribution < -0.4 is 5.32 Å². The van der Waals surface area contributed by atoms with Gasteiger partial charge in [0.05, 0.1) is 19.8 Å². The second-order valence-electron chi connectivity index (χ2n) is 3.67. The van der Waals surface area contributed by atoms with Crippen LogP contribution in [0.5, 0.6) is 0 Å². The van der Waals surface area contributed by atoms with Crippen LogP contribution in [0.1, 0.15) is 0 Å². The van der Waals surface area contributed by atoms with Crippen molar-refractivity contribution in [3.63, 3.8) is 0 Å². The Morgan fingerprint density at radius 3 is 2.56 bits per heavy atom. The zero-order valence-corrected chi connectivity index (χ0v) is 10.8. The number of carbonyl (C=O) groups excluding carboxylic acids is 1. The van der Waals surface area contributed by atoms with E-state index < -0.39 is 29.3 Å². The topological polar surface area (TPSA) is 47.6 Å². The molecule has 1 aromatic carbocycles. The molecule has 0 aliphatic carbocycles. The molecule has 0 radical (unpaired) electrons. The van der Waals surface area contributed by atoms with Gasteiger partial charge in [0.25, 0.3) is 5.91 Å². The zero-order chi connectivity index (χ0) is 13.1. The highest BCUT2D eigenvalue weighted by molar-refractivity contribution is 9.10. The maximum absolute atomic E-state index is 13.5. The molecule has 1 fully saturated rings. The summed E-state index contributed by atoms with van der Waals surface area (Å²) >= 11 is 2.95. The molecule has 1 aliphatic heterocycles. The van der Waals surface area contributed by atoms with Gasteiger partial charge in [-0.3, -0.25) is 4.79 Å². The van der Waals surface area contributed by atoms with Crippen LogP contribution in [0.2, 0.25) is 0 Å². The Labute approximate surface area is 110 Å². The average Bonchev–Trinajstić information content (AvgIpc) is 2.34. The highest BCUT2D eigenvalue weighted by Gasteiger charge is 2.24. The highest BCUT2D eigenvalue weighted by atomic mass is 79.9. The van der Waals surface area contributed by atoms with Crippen molar-refractivity contribution in [3.05, 3.63) is 28.2 Å². The summed E-state index contributed by atoms with van der Waals surface area (Å²) in [5.41, 5.74) is -0.489. The van der Waals surface area contributed by atoms with Crippen molar-refractivity contribution in [1.82, 2.24) is 0 Å². The number of nitrogens with one attached hydrogen (secondary N) is 1. The quantitative estimate of drug-likeness (QED) is 0.907. The summed E-state index contributed by atoms with van der Waals surface area (Å²) in [6, 6.07) is 2.13. The second-order valence-corrected chi connectivity index (χ2v) is 4.58. The minimum atomic E-state index is -0.855. The van der Waals surface area contributed by atoms with Crippen LogP contribution >= 0.6 is 15.9 Å². The van der Waals surface area contributed by atoms with Gasteiger partial charge in [0, 0.05) is 4.47 Å². The van der Waals surface area contributed by atoms with Gasteiger partial charge < -0.3 is 14.8 Å². The van der Waals surface area contributed by atoms with E-state index in [1.165, 1.54) is 0 Å². The summed E-state index contributed by atoms with van der Waals surface area (Å²) in [5.74, 6) is -2.34. The van der Waals surface area contributed by atoms with Gasteiger partial charge in [-0.15, -0.1) is 0 Å². The first kappa shape index (κ1) is 13.4. The maximum atomic E-state index is 13.5. The van der Waals surface area contributed by atoms with Crippen LogP contribution in [0, 0.1) is 11.6 Å². The Balaban J connectivity index is 2.11. The van der Waals surface area contributed by atoms with Crippen LogP contribution in [0.25, 0.3) is 0 Å². The molecule has 1 heterocycles. The van der Waals surface area contributed by atoms with E-state index in [-0.39, 0.29) is 17.7 Å². The lowest BCUT2D eigenvalue weighted by molar-refractivity contribution is -0.142. The number of anilines is 1. The predicted molar refractivity (Wildman–Crippen MR) is 63.2 cm³/mol. The Morgan fingerprint density at radius 1 is 1.33 bits per heavy atom. The summed E-state index contributed by atoms with van der Waals surface area (Å²) in [6.07, 6.45) is -0.846. The Bertz CT molecular complexity index is 441. The minimum Gasteiger partial charge on any atom is -0.376 e. The summed E-state index contributed by atoms with van der Waals surface area (Å²) in [7, 11) is 0. The first-order valence-electron chi connectivity index (χ1n) is 5.22. The van der Waals surface area contributed by atoms with Crippen molar-refractivity contribution in [2.24, 2.45) is 0 Å². The molecule has 7 heteroatoms. The first-order chi connectivity index (χ1) is 8.58. The predicted octanol–water partition coefficient (Wildman–Crippen LogP) is 2.08. The molecule has 1 saturated heterocycles. The van der Waals surface area contributed by atoms with Crippen molar-refractivity contribution in [1.29, 1.82) is 0 Å². The Hall–Kier alpha value is -1.05. The molecule has 18 heavy (non-hydrogen) atoms. The Morgan fingerprint density at radius 2 is 2.00 bits per heavy atom. The zero-order valence-electron chi connectivity index (χ0n) is 9.21. The van der Waals surface area contributed by atoms with Gasteiger partial charge in [0.2, 0.25) is 0 Å². The molecule has 1 amide bonds. The van der Waals surface area contributed by atoms with Gasteiger partial charge in [-0.25, -0.2) is 8.78 Å². The number of hydrogen-bond acceptors (Lipinski definition) is 3. The van der Waals surface area contributed by atoms with E-state index in [0.29, 0.717) is 6.61 Å². The molecule has 1 N–H and O–H groups in total. The number of hydrogen-bond donors (Lipinski definition) is 1. The largest absolute Gasteiger partial charge is 0.376 e. The molecule has 2 rings (SSSR count). The Kier molecular flexibility index (Phi) is 4.26. The van der Waals surface area contributed by atoms with E-state index in [2.05, 4.69) is 21.2 Å². The molecule has 1 atom stereocenters. The van der Waals surface area contributed by atoms with Gasteiger partial charge >= 0.3 is 0 Å². The van der Waals surface area contributed by atoms with Gasteiger partial charge in [-0.1, -0.05) is 15.9 Å². The van der Waals surface area contributed by atoms with Gasteiger partial charge in [0.15, 0.2) is 17.7 Å². The third-order valence-electron chi connectivity index (χ3n) is 2.36. The molecule has 98 valence electrons. The van der Waals surface area contributed by atoms with Crippen molar-refractivity contribution < 1.29 is 23.0 Å². The highest BCUT2D eigenvalue weighted by Crippen LogP contribution is 2.24. The van der Waals surface area contributed by atoms with Gasteiger partial charge in [0.1, 0.15) is 5.69 Å². The van der Waals surface area contributed by atoms with E-state index in [4.69, 9.17) is 9.47 Å². The maximum Gasteiger partial charge on any atom is 0.256 e. The van der Waals surface area contributed by atoms with E-state index in [1.54, 1.807) is 0 Å². The second kappa shape index (κ2) is 5.73. The third-order valence-corrected chi connectivity index (χ3v) is 2.82. The lowest BCUT2D eigenvalue weighted by atomic mass is 10.2. The summed E-state index contributed by atoms with van der Waals surface area (Å²) in [6.45, 7) is 0.764. The number of amides is 1. The average molecular weight is 322 g/mol. The van der Waals surface area contributed by atoms with Gasteiger partial charge in [-0.05, 0) is 12.1 Å². The minimum absolute atomic E-state index is 0.0750. The number of benzene rings is 1. The van der Waals surface area contributed by atoms with Crippen molar-refractivity contribution in [3.8, 4) is 0 Å². The van der Waals surface area contributed by atoms with E-state index in [1.807, 2.05) is 0 Å². The monoisotopic (exact) mass is 321 g/mol. The fraction of sp³-hybridized carbons (Fsp3) is 0.364. The number of halogens is 3. The molecule has 0 saturated carbocycles. The lowest BCUT2D eigenvalue weighted by Gasteiger charge is -2.22. The fourth-order valence-corrected chi connectivity index (χ4v) is 1.91. The molecular formula is C11H10BrF2NO3. The molecular weight excluding hydrogens is 312 g/mol. The van der Waals surface area contributed by atoms with E-state index in [0.717, 1.165) is 12.1 Å². The number of carbonyl (C=O) groups is 1. The summed E-state index contributed by atoms with van der Waals surface area (Å²) < 4.78 is 37.4. The molecule has 0 bridgehead atoms. The third kappa shape index (κ3) is 3.04. The normalized spacial score (nSPS) is 19.6. The molecule has 1 aliphatic rings. The van der Waals surface area contributed by atoms with Gasteiger partial charge in [-0.2, -0.15) is 0 Å². The fourth-order valence-electron chi connectivity index (χ4n) is 1.50.